The quantitative estimate of drug-likeness (QED) is 0.931. The Kier molecular flexibility index (Phi) is 4.50. The zero-order valence-corrected chi connectivity index (χ0v) is 14.1. The molecule has 1 heterocycles. The van der Waals surface area contributed by atoms with Gasteiger partial charge in [0.2, 0.25) is 0 Å². The van der Waals surface area contributed by atoms with E-state index in [1.54, 1.807) is 7.11 Å². The SMILES string of the molecule is CNCc1c(Br)c(-c2cc(C)c(OC)c(C)c2)nn1C. The standard InChI is InChI=1S/C15H20BrN3O/c1-9-6-11(7-10(2)15(9)20-5)14-13(16)12(8-17-3)19(4)18-14/h6-7,17H,8H2,1-5H3. The van der Waals surface area contributed by atoms with E-state index in [9.17, 15) is 0 Å². The molecule has 0 saturated heterocycles. The maximum absolute atomic E-state index is 5.42. The molecular formula is C15H20BrN3O. The number of nitrogens with one attached hydrogen (secondary N) is 1. The number of halogens is 1. The summed E-state index contributed by atoms with van der Waals surface area (Å²) in [6.07, 6.45) is 0. The van der Waals surface area contributed by atoms with E-state index in [2.05, 4.69) is 52.3 Å². The third-order valence-corrected chi connectivity index (χ3v) is 4.22. The van der Waals surface area contributed by atoms with Gasteiger partial charge < -0.3 is 10.1 Å². The molecule has 5 heteroatoms. The Labute approximate surface area is 128 Å². The van der Waals surface area contributed by atoms with E-state index in [1.807, 2.05) is 18.8 Å². The van der Waals surface area contributed by atoms with Gasteiger partial charge in [0.1, 0.15) is 11.4 Å². The predicted molar refractivity (Wildman–Crippen MR) is 85.1 cm³/mol. The first kappa shape index (κ1) is 15.1. The van der Waals surface area contributed by atoms with Crippen molar-refractivity contribution in [3.63, 3.8) is 0 Å². The number of methoxy groups -OCH3 is 1. The lowest BCUT2D eigenvalue weighted by Crippen LogP contribution is -2.10. The van der Waals surface area contributed by atoms with E-state index < -0.39 is 0 Å². The summed E-state index contributed by atoms with van der Waals surface area (Å²) in [7, 11) is 5.60. The van der Waals surface area contributed by atoms with E-state index in [4.69, 9.17) is 4.74 Å². The molecule has 2 rings (SSSR count). The molecule has 0 radical (unpaired) electrons. The van der Waals surface area contributed by atoms with Crippen LogP contribution >= 0.6 is 15.9 Å². The summed E-state index contributed by atoms with van der Waals surface area (Å²) >= 11 is 3.67. The van der Waals surface area contributed by atoms with Crippen molar-refractivity contribution < 1.29 is 4.74 Å². The molecule has 0 fully saturated rings. The Balaban J connectivity index is 2.55. The summed E-state index contributed by atoms with van der Waals surface area (Å²) in [5, 5.41) is 7.79. The van der Waals surface area contributed by atoms with Gasteiger partial charge in [-0.2, -0.15) is 5.10 Å². The van der Waals surface area contributed by atoms with Gasteiger partial charge in [0.25, 0.3) is 0 Å². The van der Waals surface area contributed by atoms with E-state index in [0.29, 0.717) is 0 Å². The number of ether oxygens (including phenoxy) is 1. The van der Waals surface area contributed by atoms with Crippen molar-refractivity contribution >= 4 is 15.9 Å². The lowest BCUT2D eigenvalue weighted by molar-refractivity contribution is 0.408. The minimum absolute atomic E-state index is 0.776. The summed E-state index contributed by atoms with van der Waals surface area (Å²) in [4.78, 5) is 0. The molecule has 0 bridgehead atoms. The van der Waals surface area contributed by atoms with Crippen molar-refractivity contribution in [2.45, 2.75) is 20.4 Å². The molecule has 0 aliphatic heterocycles. The van der Waals surface area contributed by atoms with Gasteiger partial charge in [-0.1, -0.05) is 0 Å². The molecule has 1 aromatic carbocycles. The van der Waals surface area contributed by atoms with Crippen molar-refractivity contribution in [2.24, 2.45) is 7.05 Å². The highest BCUT2D eigenvalue weighted by Crippen LogP contribution is 2.34. The number of aryl methyl sites for hydroxylation is 3. The fraction of sp³-hybridized carbons (Fsp3) is 0.400. The van der Waals surface area contributed by atoms with Crippen LogP contribution < -0.4 is 10.1 Å². The van der Waals surface area contributed by atoms with Crippen LogP contribution in [0.3, 0.4) is 0 Å². The second-order valence-corrected chi connectivity index (χ2v) is 5.70. The number of aromatic nitrogens is 2. The Hall–Kier alpha value is -1.33. The van der Waals surface area contributed by atoms with Gasteiger partial charge in [0.15, 0.2) is 0 Å². The molecule has 1 aromatic heterocycles. The highest BCUT2D eigenvalue weighted by molar-refractivity contribution is 9.10. The zero-order chi connectivity index (χ0) is 14.9. The molecule has 2 aromatic rings. The van der Waals surface area contributed by atoms with Gasteiger partial charge in [-0.05, 0) is 60.1 Å². The van der Waals surface area contributed by atoms with E-state index in [0.717, 1.165) is 44.8 Å². The highest BCUT2D eigenvalue weighted by atomic mass is 79.9. The Bertz CT molecular complexity index is 611. The first-order chi connectivity index (χ1) is 9.49. The fourth-order valence-electron chi connectivity index (χ4n) is 2.49. The molecule has 0 aliphatic rings. The zero-order valence-electron chi connectivity index (χ0n) is 12.5. The fourth-order valence-corrected chi connectivity index (χ4v) is 3.19. The summed E-state index contributed by atoms with van der Waals surface area (Å²) in [6.45, 7) is 4.89. The topological polar surface area (TPSA) is 39.1 Å². The largest absolute Gasteiger partial charge is 0.496 e. The number of benzene rings is 1. The van der Waals surface area contributed by atoms with Crippen LogP contribution in [0.1, 0.15) is 16.8 Å². The monoisotopic (exact) mass is 337 g/mol. The molecule has 20 heavy (non-hydrogen) atoms. The molecule has 0 unspecified atom stereocenters. The van der Waals surface area contributed by atoms with Crippen LogP contribution in [0.25, 0.3) is 11.3 Å². The van der Waals surface area contributed by atoms with Gasteiger partial charge in [-0.15, -0.1) is 0 Å². The van der Waals surface area contributed by atoms with Crippen molar-refractivity contribution in [3.05, 3.63) is 33.4 Å². The van der Waals surface area contributed by atoms with Crippen LogP contribution in [0.2, 0.25) is 0 Å². The highest BCUT2D eigenvalue weighted by Gasteiger charge is 2.16. The van der Waals surface area contributed by atoms with Gasteiger partial charge in [-0.25, -0.2) is 0 Å². The summed E-state index contributed by atoms with van der Waals surface area (Å²) in [6, 6.07) is 4.23. The van der Waals surface area contributed by atoms with Crippen LogP contribution in [0.4, 0.5) is 0 Å². The predicted octanol–water partition coefficient (Wildman–Crippen LogP) is 3.19. The van der Waals surface area contributed by atoms with Crippen LogP contribution in [0, 0.1) is 13.8 Å². The second-order valence-electron chi connectivity index (χ2n) is 4.91. The van der Waals surface area contributed by atoms with E-state index in [1.165, 1.54) is 0 Å². The molecule has 108 valence electrons. The first-order valence-corrected chi connectivity index (χ1v) is 7.30. The molecule has 0 aliphatic carbocycles. The normalized spacial score (nSPS) is 10.9. The Morgan fingerprint density at radius 1 is 1.30 bits per heavy atom. The minimum Gasteiger partial charge on any atom is -0.496 e. The Morgan fingerprint density at radius 3 is 2.40 bits per heavy atom. The molecule has 1 N–H and O–H groups in total. The average molecular weight is 338 g/mol. The maximum atomic E-state index is 5.42. The summed E-state index contributed by atoms with van der Waals surface area (Å²) in [5.41, 5.74) is 5.44. The smallest absolute Gasteiger partial charge is 0.124 e. The number of hydrogen-bond acceptors (Lipinski definition) is 3. The molecular weight excluding hydrogens is 318 g/mol. The van der Waals surface area contributed by atoms with Crippen molar-refractivity contribution in [1.29, 1.82) is 0 Å². The summed E-state index contributed by atoms with van der Waals surface area (Å²) in [5.74, 6) is 0.941. The molecule has 0 spiro atoms. The van der Waals surface area contributed by atoms with E-state index in [-0.39, 0.29) is 0 Å². The summed E-state index contributed by atoms with van der Waals surface area (Å²) < 4.78 is 8.36. The van der Waals surface area contributed by atoms with Gasteiger partial charge in [-0.3, -0.25) is 4.68 Å². The molecule has 4 nitrogen and oxygen atoms in total. The Morgan fingerprint density at radius 2 is 1.90 bits per heavy atom. The lowest BCUT2D eigenvalue weighted by atomic mass is 10.0. The maximum Gasteiger partial charge on any atom is 0.124 e. The lowest BCUT2D eigenvalue weighted by Gasteiger charge is -2.10. The first-order valence-electron chi connectivity index (χ1n) is 6.51. The molecule has 0 saturated carbocycles. The number of rotatable bonds is 4. The van der Waals surface area contributed by atoms with Crippen LogP contribution in [-0.2, 0) is 13.6 Å². The van der Waals surface area contributed by atoms with Crippen molar-refractivity contribution in [3.8, 4) is 17.0 Å². The second kappa shape index (κ2) is 5.97. The third-order valence-electron chi connectivity index (χ3n) is 3.38. The van der Waals surface area contributed by atoms with Gasteiger partial charge in [0, 0.05) is 19.2 Å². The van der Waals surface area contributed by atoms with Gasteiger partial charge in [0.05, 0.1) is 17.3 Å². The van der Waals surface area contributed by atoms with Gasteiger partial charge >= 0.3 is 0 Å². The number of hydrogen-bond donors (Lipinski definition) is 1. The van der Waals surface area contributed by atoms with Crippen LogP contribution in [-0.4, -0.2) is 23.9 Å². The number of nitrogens with zero attached hydrogens (tertiary/aromatic N) is 2. The van der Waals surface area contributed by atoms with Crippen LogP contribution in [0.15, 0.2) is 16.6 Å². The minimum atomic E-state index is 0.776. The average Bonchev–Trinajstić information content (AvgIpc) is 2.67. The van der Waals surface area contributed by atoms with Crippen molar-refractivity contribution in [1.82, 2.24) is 15.1 Å². The molecule has 0 atom stereocenters. The van der Waals surface area contributed by atoms with Crippen molar-refractivity contribution in [2.75, 3.05) is 14.2 Å². The molecule has 0 amide bonds. The third kappa shape index (κ3) is 2.60. The van der Waals surface area contributed by atoms with Crippen LogP contribution in [0.5, 0.6) is 5.75 Å². The van der Waals surface area contributed by atoms with E-state index >= 15 is 0 Å².